The van der Waals surface area contributed by atoms with Crippen molar-refractivity contribution in [1.29, 1.82) is 0 Å². The molecule has 0 saturated heterocycles. The highest BCUT2D eigenvalue weighted by molar-refractivity contribution is 5.93. The van der Waals surface area contributed by atoms with Gasteiger partial charge in [0.15, 0.2) is 6.67 Å². The Kier molecular flexibility index (Phi) is 8.27. The third-order valence-corrected chi connectivity index (χ3v) is 2.02. The van der Waals surface area contributed by atoms with Crippen molar-refractivity contribution in [3.8, 4) is 0 Å². The number of alkyl halides is 15. The minimum atomic E-state index is -6.63. The van der Waals surface area contributed by atoms with Gasteiger partial charge in [0.05, 0.1) is 0 Å². The molecule has 168 valence electrons. The second-order valence-corrected chi connectivity index (χ2v) is 4.20. The van der Waals surface area contributed by atoms with Gasteiger partial charge in [0.1, 0.15) is 0 Å². The Labute approximate surface area is 141 Å². The van der Waals surface area contributed by atoms with Crippen molar-refractivity contribution in [3.05, 3.63) is 0 Å². The molecule has 0 heterocycles. The Morgan fingerprint density at radius 3 is 1.00 bits per heavy atom. The Morgan fingerprint density at radius 1 is 0.643 bits per heavy atom. The molecule has 0 aromatic heterocycles. The van der Waals surface area contributed by atoms with E-state index in [9.17, 15) is 75.4 Å². The maximum absolute atomic E-state index is 12.1. The van der Waals surface area contributed by atoms with Crippen molar-refractivity contribution in [3.63, 3.8) is 0 Å². The van der Waals surface area contributed by atoms with Crippen LogP contribution >= 0.6 is 0 Å². The summed E-state index contributed by atoms with van der Waals surface area (Å²) in [6.45, 7) is -2.57. The fraction of sp³-hybridized carbons (Fsp3) is 0.778. The van der Waals surface area contributed by atoms with Gasteiger partial charge in [0.25, 0.3) is 0 Å². The van der Waals surface area contributed by atoms with Gasteiger partial charge in [0, 0.05) is 0 Å². The largest absolute Gasteiger partial charge is 0.465 e. The standard InChI is InChI=1S/C6F10O3.C3H3F5O/c7-3(8,5(11,12)13)1(17)19-2(18)4(9,10)6(14,15)16;4-1-2(5,6)3(7,8)9/h;9H,1H2. The Morgan fingerprint density at radius 2 is 0.893 bits per heavy atom. The maximum atomic E-state index is 12.1. The lowest BCUT2D eigenvalue weighted by Gasteiger charge is -2.20. The molecule has 0 aliphatic heterocycles. The van der Waals surface area contributed by atoms with E-state index in [4.69, 9.17) is 5.11 Å². The molecule has 4 nitrogen and oxygen atoms in total. The summed E-state index contributed by atoms with van der Waals surface area (Å²) in [6.07, 6.45) is -18.5. The Hall–Kier alpha value is -1.95. The van der Waals surface area contributed by atoms with E-state index in [1.807, 2.05) is 0 Å². The van der Waals surface area contributed by atoms with Crippen LogP contribution in [0.3, 0.4) is 0 Å². The second kappa shape index (κ2) is 8.19. The minimum Gasteiger partial charge on any atom is -0.384 e. The molecule has 1 N–H and O–H groups in total. The van der Waals surface area contributed by atoms with Crippen molar-refractivity contribution in [2.45, 2.75) is 36.2 Å². The molecule has 0 aliphatic rings. The average Bonchev–Trinajstić information content (AvgIpc) is 2.43. The summed E-state index contributed by atoms with van der Waals surface area (Å²) >= 11 is 0. The van der Waals surface area contributed by atoms with Gasteiger partial charge in [-0.15, -0.1) is 0 Å². The summed E-state index contributed by atoms with van der Waals surface area (Å²) in [6, 6.07) is 0. The zero-order chi connectivity index (χ0) is 23.6. The number of ether oxygens (including phenoxy) is 1. The first-order chi connectivity index (χ1) is 11.9. The predicted molar refractivity (Wildman–Crippen MR) is 51.2 cm³/mol. The highest BCUT2D eigenvalue weighted by Crippen LogP contribution is 2.39. The van der Waals surface area contributed by atoms with E-state index in [0.717, 1.165) is 0 Å². The summed E-state index contributed by atoms with van der Waals surface area (Å²) in [5, 5.41) is 7.22. The van der Waals surface area contributed by atoms with Gasteiger partial charge in [-0.25, -0.2) is 14.0 Å². The average molecular weight is 460 g/mol. The first kappa shape index (κ1) is 28.3. The third kappa shape index (κ3) is 6.59. The molecule has 0 aromatic rings. The molecule has 0 unspecified atom stereocenters. The lowest BCUT2D eigenvalue weighted by Crippen LogP contribution is -2.51. The smallest absolute Gasteiger partial charge is 0.384 e. The fourth-order valence-corrected chi connectivity index (χ4v) is 0.524. The van der Waals surface area contributed by atoms with E-state index in [-0.39, 0.29) is 0 Å². The van der Waals surface area contributed by atoms with Gasteiger partial charge in [-0.2, -0.15) is 61.5 Å². The first-order valence-corrected chi connectivity index (χ1v) is 5.56. The summed E-state index contributed by atoms with van der Waals surface area (Å²) in [5.41, 5.74) is 0. The normalized spacial score (nSPS) is 14.1. The zero-order valence-electron chi connectivity index (χ0n) is 12.0. The van der Waals surface area contributed by atoms with Crippen LogP contribution < -0.4 is 0 Å². The van der Waals surface area contributed by atoms with E-state index in [2.05, 4.69) is 4.74 Å². The van der Waals surface area contributed by atoms with Gasteiger partial charge in [-0.1, -0.05) is 0 Å². The van der Waals surface area contributed by atoms with Gasteiger partial charge in [0.2, 0.25) is 0 Å². The number of hydrogen-bond donors (Lipinski definition) is 1. The lowest BCUT2D eigenvalue weighted by atomic mass is 10.3. The monoisotopic (exact) mass is 460 g/mol. The van der Waals surface area contributed by atoms with E-state index in [0.29, 0.717) is 0 Å². The number of hydrogen-bond acceptors (Lipinski definition) is 4. The van der Waals surface area contributed by atoms with Crippen molar-refractivity contribution < 1.29 is 85.3 Å². The Balaban J connectivity index is 0. The van der Waals surface area contributed by atoms with Crippen molar-refractivity contribution in [2.75, 3.05) is 6.67 Å². The number of carbonyl (C=O) groups excluding carboxylic acids is 2. The lowest BCUT2D eigenvalue weighted by molar-refractivity contribution is -0.328. The molecular weight excluding hydrogens is 457 g/mol. The minimum absolute atomic E-state index is 2.22. The van der Waals surface area contributed by atoms with Crippen molar-refractivity contribution in [2.24, 2.45) is 0 Å². The molecule has 0 atom stereocenters. The van der Waals surface area contributed by atoms with Crippen LogP contribution in [0.2, 0.25) is 0 Å². The topological polar surface area (TPSA) is 63.6 Å². The molecule has 0 spiro atoms. The quantitative estimate of drug-likeness (QED) is 0.396. The van der Waals surface area contributed by atoms with Crippen LogP contribution in [0.15, 0.2) is 0 Å². The van der Waals surface area contributed by atoms with Crippen LogP contribution in [0.1, 0.15) is 0 Å². The van der Waals surface area contributed by atoms with Gasteiger partial charge in [-0.3, -0.25) is 0 Å². The molecule has 28 heavy (non-hydrogen) atoms. The van der Waals surface area contributed by atoms with E-state index in [1.54, 1.807) is 0 Å². The molecular formula is C9H3F15O4. The SMILES string of the molecule is O=C(OC(=O)C(F)(F)C(F)(F)F)C(F)(F)C(F)(F)F.OC(F)(F)C(F)(F)CF. The molecule has 0 saturated carbocycles. The van der Waals surface area contributed by atoms with Crippen LogP contribution in [0.5, 0.6) is 0 Å². The predicted octanol–water partition coefficient (Wildman–Crippen LogP) is 3.63. The van der Waals surface area contributed by atoms with E-state index >= 15 is 0 Å². The molecule has 0 fully saturated rings. The van der Waals surface area contributed by atoms with Crippen LogP contribution in [0.4, 0.5) is 65.9 Å². The summed E-state index contributed by atoms with van der Waals surface area (Å²) < 4.78 is 175. The van der Waals surface area contributed by atoms with Crippen molar-refractivity contribution >= 4 is 11.9 Å². The van der Waals surface area contributed by atoms with Crippen LogP contribution in [-0.4, -0.2) is 59.9 Å². The summed E-state index contributed by atoms with van der Waals surface area (Å²) in [4.78, 5) is 20.2. The number of rotatable bonds is 4. The van der Waals surface area contributed by atoms with Crippen LogP contribution in [0, 0.1) is 0 Å². The molecule has 19 heteroatoms. The van der Waals surface area contributed by atoms with Crippen molar-refractivity contribution in [1.82, 2.24) is 0 Å². The molecule has 0 aliphatic carbocycles. The molecule has 0 rings (SSSR count). The Bertz CT molecular complexity index is 519. The van der Waals surface area contributed by atoms with Gasteiger partial charge in [-0.05, 0) is 0 Å². The number of aliphatic hydroxyl groups is 1. The number of esters is 2. The molecule has 0 amide bonds. The van der Waals surface area contributed by atoms with Gasteiger partial charge < -0.3 is 9.84 Å². The summed E-state index contributed by atoms with van der Waals surface area (Å²) in [7, 11) is 0. The molecule has 0 radical (unpaired) electrons. The van der Waals surface area contributed by atoms with Crippen LogP contribution in [0.25, 0.3) is 0 Å². The second-order valence-electron chi connectivity index (χ2n) is 4.20. The zero-order valence-corrected chi connectivity index (χ0v) is 12.0. The number of carbonyl (C=O) groups is 2. The maximum Gasteiger partial charge on any atom is 0.465 e. The third-order valence-electron chi connectivity index (χ3n) is 2.02. The highest BCUT2D eigenvalue weighted by atomic mass is 19.4. The first-order valence-electron chi connectivity index (χ1n) is 5.56. The van der Waals surface area contributed by atoms with Gasteiger partial charge >= 0.3 is 48.2 Å². The summed E-state index contributed by atoms with van der Waals surface area (Å²) in [5.74, 6) is -25.6. The number of halogens is 15. The van der Waals surface area contributed by atoms with E-state index in [1.165, 1.54) is 0 Å². The fourth-order valence-electron chi connectivity index (χ4n) is 0.524. The molecule has 0 aromatic carbocycles. The van der Waals surface area contributed by atoms with E-state index < -0.39 is 54.8 Å². The molecule has 0 bridgehead atoms. The van der Waals surface area contributed by atoms with Crippen LogP contribution in [-0.2, 0) is 14.3 Å². The highest BCUT2D eigenvalue weighted by Gasteiger charge is 2.69.